The van der Waals surface area contributed by atoms with Crippen LogP contribution in [0.1, 0.15) is 0 Å². The number of nitrogens with one attached hydrogen (secondary N) is 1. The molecule has 0 aliphatic carbocycles. The number of piperazine rings is 1. The molecule has 3 rings (SSSR count). The third kappa shape index (κ3) is 4.08. The van der Waals surface area contributed by atoms with Gasteiger partial charge in [-0.25, -0.2) is 12.8 Å². The highest BCUT2D eigenvalue weighted by Gasteiger charge is 2.18. The molecule has 1 heterocycles. The third-order valence-corrected chi connectivity index (χ3v) is 5.80. The van der Waals surface area contributed by atoms with Crippen LogP contribution >= 0.6 is 0 Å². The molecule has 2 aromatic rings. The first kappa shape index (κ1) is 18.5. The second-order valence-electron chi connectivity index (χ2n) is 6.24. The van der Waals surface area contributed by atoms with Gasteiger partial charge in [-0.05, 0) is 43.4 Å². The lowest BCUT2D eigenvalue weighted by molar-refractivity contribution is 0.313. The van der Waals surface area contributed by atoms with Crippen LogP contribution in [0, 0.1) is 5.82 Å². The van der Waals surface area contributed by atoms with Gasteiger partial charge in [0.05, 0.1) is 12.0 Å². The first-order chi connectivity index (χ1) is 12.4. The molecule has 1 fully saturated rings. The summed E-state index contributed by atoms with van der Waals surface area (Å²) < 4.78 is 45.8. The SMILES string of the molecule is COc1cc(S(=O)(=O)Nc2ccc(N3CCN(C)CC3)cc2)ccc1F. The number of hydrogen-bond donors (Lipinski definition) is 1. The molecule has 0 saturated carbocycles. The highest BCUT2D eigenvalue weighted by atomic mass is 32.2. The van der Waals surface area contributed by atoms with Crippen LogP contribution < -0.4 is 14.4 Å². The zero-order valence-electron chi connectivity index (χ0n) is 14.8. The maximum absolute atomic E-state index is 13.5. The number of likely N-dealkylation sites (N-methyl/N-ethyl adjacent to an activating group) is 1. The van der Waals surface area contributed by atoms with Crippen molar-refractivity contribution in [2.24, 2.45) is 0 Å². The Hall–Kier alpha value is -2.32. The second-order valence-corrected chi connectivity index (χ2v) is 7.92. The van der Waals surface area contributed by atoms with Crippen LogP contribution in [0.4, 0.5) is 15.8 Å². The van der Waals surface area contributed by atoms with Gasteiger partial charge in [-0.2, -0.15) is 0 Å². The molecule has 6 nitrogen and oxygen atoms in total. The predicted octanol–water partition coefficient (Wildman–Crippen LogP) is 2.39. The molecule has 1 N–H and O–H groups in total. The molecule has 0 aromatic heterocycles. The van der Waals surface area contributed by atoms with Crippen molar-refractivity contribution < 1.29 is 17.5 Å². The quantitative estimate of drug-likeness (QED) is 0.864. The third-order valence-electron chi connectivity index (χ3n) is 4.42. The Morgan fingerprint density at radius 3 is 2.31 bits per heavy atom. The topological polar surface area (TPSA) is 61.9 Å². The van der Waals surface area contributed by atoms with Gasteiger partial charge in [-0.3, -0.25) is 4.72 Å². The summed E-state index contributed by atoms with van der Waals surface area (Å²) in [5.74, 6) is -0.721. The lowest BCUT2D eigenvalue weighted by Gasteiger charge is -2.34. The average Bonchev–Trinajstić information content (AvgIpc) is 2.63. The summed E-state index contributed by atoms with van der Waals surface area (Å²) in [6.07, 6.45) is 0. The molecule has 8 heteroatoms. The molecule has 0 bridgehead atoms. The Bertz CT molecular complexity index is 864. The monoisotopic (exact) mass is 379 g/mol. The number of ether oxygens (including phenoxy) is 1. The summed E-state index contributed by atoms with van der Waals surface area (Å²) in [5, 5.41) is 0. The van der Waals surface area contributed by atoms with E-state index < -0.39 is 15.8 Å². The van der Waals surface area contributed by atoms with E-state index in [0.717, 1.165) is 44.0 Å². The lowest BCUT2D eigenvalue weighted by Crippen LogP contribution is -2.44. The van der Waals surface area contributed by atoms with Crippen molar-refractivity contribution in [3.63, 3.8) is 0 Å². The van der Waals surface area contributed by atoms with E-state index in [4.69, 9.17) is 4.74 Å². The highest BCUT2D eigenvalue weighted by Crippen LogP contribution is 2.25. The number of methoxy groups -OCH3 is 1. The second kappa shape index (κ2) is 7.51. The van der Waals surface area contributed by atoms with Crippen LogP contribution in [0.15, 0.2) is 47.4 Å². The Labute approximate surface area is 153 Å². The van der Waals surface area contributed by atoms with E-state index in [-0.39, 0.29) is 10.6 Å². The molecule has 0 radical (unpaired) electrons. The van der Waals surface area contributed by atoms with Crippen molar-refractivity contribution in [2.45, 2.75) is 4.90 Å². The number of rotatable bonds is 5. The summed E-state index contributed by atoms with van der Waals surface area (Å²) in [6, 6.07) is 10.7. The predicted molar refractivity (Wildman–Crippen MR) is 99.9 cm³/mol. The average molecular weight is 379 g/mol. The molecule has 2 aromatic carbocycles. The minimum Gasteiger partial charge on any atom is -0.494 e. The normalized spacial score (nSPS) is 15.7. The van der Waals surface area contributed by atoms with Gasteiger partial charge < -0.3 is 14.5 Å². The van der Waals surface area contributed by atoms with Gasteiger partial charge in [-0.1, -0.05) is 0 Å². The van der Waals surface area contributed by atoms with E-state index in [1.54, 1.807) is 12.1 Å². The molecule has 1 saturated heterocycles. The minimum atomic E-state index is -3.82. The first-order valence-corrected chi connectivity index (χ1v) is 9.77. The Kier molecular flexibility index (Phi) is 5.33. The van der Waals surface area contributed by atoms with Gasteiger partial charge in [-0.15, -0.1) is 0 Å². The number of hydrogen-bond acceptors (Lipinski definition) is 5. The van der Waals surface area contributed by atoms with Crippen LogP contribution in [0.25, 0.3) is 0 Å². The summed E-state index contributed by atoms with van der Waals surface area (Å²) >= 11 is 0. The molecular weight excluding hydrogens is 357 g/mol. The minimum absolute atomic E-state index is 0.0566. The number of anilines is 2. The van der Waals surface area contributed by atoms with Crippen molar-refractivity contribution in [1.82, 2.24) is 4.90 Å². The fourth-order valence-corrected chi connectivity index (χ4v) is 3.90. The van der Waals surface area contributed by atoms with E-state index in [0.29, 0.717) is 5.69 Å². The molecule has 0 spiro atoms. The largest absolute Gasteiger partial charge is 0.494 e. The Morgan fingerprint density at radius 1 is 1.04 bits per heavy atom. The van der Waals surface area contributed by atoms with Crippen LogP contribution in [-0.2, 0) is 10.0 Å². The van der Waals surface area contributed by atoms with Gasteiger partial charge >= 0.3 is 0 Å². The molecule has 26 heavy (non-hydrogen) atoms. The first-order valence-electron chi connectivity index (χ1n) is 8.29. The van der Waals surface area contributed by atoms with Crippen LogP contribution in [-0.4, -0.2) is 53.7 Å². The van der Waals surface area contributed by atoms with Crippen LogP contribution in [0.2, 0.25) is 0 Å². The van der Waals surface area contributed by atoms with Crippen LogP contribution in [0.3, 0.4) is 0 Å². The molecule has 140 valence electrons. The lowest BCUT2D eigenvalue weighted by atomic mass is 10.2. The summed E-state index contributed by atoms with van der Waals surface area (Å²) in [6.45, 7) is 3.88. The van der Waals surface area contributed by atoms with E-state index in [2.05, 4.69) is 21.6 Å². The fraction of sp³-hybridized carbons (Fsp3) is 0.333. The molecule has 0 unspecified atom stereocenters. The van der Waals surface area contributed by atoms with Crippen molar-refractivity contribution in [3.05, 3.63) is 48.3 Å². The van der Waals surface area contributed by atoms with Crippen molar-refractivity contribution >= 4 is 21.4 Å². The van der Waals surface area contributed by atoms with E-state index in [9.17, 15) is 12.8 Å². The highest BCUT2D eigenvalue weighted by molar-refractivity contribution is 7.92. The summed E-state index contributed by atoms with van der Waals surface area (Å²) in [5.41, 5.74) is 1.51. The molecule has 1 aliphatic rings. The zero-order valence-corrected chi connectivity index (χ0v) is 15.6. The number of sulfonamides is 1. The van der Waals surface area contributed by atoms with E-state index in [1.165, 1.54) is 13.2 Å². The molecule has 1 aliphatic heterocycles. The standard InChI is InChI=1S/C18H22FN3O3S/c1-21-9-11-22(12-10-21)15-5-3-14(4-6-15)20-26(23,24)16-7-8-17(19)18(13-16)25-2/h3-8,13,20H,9-12H2,1-2H3. The number of nitrogens with zero attached hydrogens (tertiary/aromatic N) is 2. The van der Waals surface area contributed by atoms with Crippen molar-refractivity contribution in [3.8, 4) is 5.75 Å². The number of halogens is 1. The maximum Gasteiger partial charge on any atom is 0.262 e. The van der Waals surface area contributed by atoms with Gasteiger partial charge in [0.25, 0.3) is 10.0 Å². The molecule has 0 amide bonds. The Balaban J connectivity index is 1.74. The zero-order chi connectivity index (χ0) is 18.7. The van der Waals surface area contributed by atoms with Crippen molar-refractivity contribution in [2.75, 3.05) is 50.0 Å². The summed E-state index contributed by atoms with van der Waals surface area (Å²) in [7, 11) is -0.437. The molecule has 0 atom stereocenters. The Morgan fingerprint density at radius 2 is 1.69 bits per heavy atom. The molecular formula is C18H22FN3O3S. The van der Waals surface area contributed by atoms with Gasteiger partial charge in [0.15, 0.2) is 11.6 Å². The van der Waals surface area contributed by atoms with Crippen molar-refractivity contribution in [1.29, 1.82) is 0 Å². The number of benzene rings is 2. The van der Waals surface area contributed by atoms with E-state index >= 15 is 0 Å². The van der Waals surface area contributed by atoms with E-state index in [1.807, 2.05) is 12.1 Å². The van der Waals surface area contributed by atoms with Gasteiger partial charge in [0.2, 0.25) is 0 Å². The fourth-order valence-electron chi connectivity index (χ4n) is 2.83. The van der Waals surface area contributed by atoms with Crippen LogP contribution in [0.5, 0.6) is 5.75 Å². The maximum atomic E-state index is 13.5. The van der Waals surface area contributed by atoms with Gasteiger partial charge in [0, 0.05) is 43.6 Å². The van der Waals surface area contributed by atoms with Gasteiger partial charge in [0.1, 0.15) is 0 Å². The summed E-state index contributed by atoms with van der Waals surface area (Å²) in [4.78, 5) is 4.48. The smallest absolute Gasteiger partial charge is 0.262 e.